The zero-order chi connectivity index (χ0) is 13.3. The van der Waals surface area contributed by atoms with Crippen molar-refractivity contribution in [2.45, 2.75) is 39.3 Å². The summed E-state index contributed by atoms with van der Waals surface area (Å²) in [6.45, 7) is 10.7. The molecular formula is C15H24N2O. The molecule has 1 fully saturated rings. The maximum Gasteiger partial charge on any atom is 0.0651 e. The minimum atomic E-state index is 0.0197. The smallest absolute Gasteiger partial charge is 0.0651 e. The van der Waals surface area contributed by atoms with E-state index in [0.717, 1.165) is 13.1 Å². The Hall–Kier alpha value is -1.06. The van der Waals surface area contributed by atoms with Crippen LogP contribution in [0, 0.1) is 13.8 Å². The summed E-state index contributed by atoms with van der Waals surface area (Å²) in [5.41, 5.74) is 3.79. The molecule has 1 aliphatic rings. The van der Waals surface area contributed by atoms with E-state index in [9.17, 15) is 5.11 Å². The first-order valence-electron chi connectivity index (χ1n) is 6.63. The van der Waals surface area contributed by atoms with E-state index in [2.05, 4.69) is 56.1 Å². The lowest BCUT2D eigenvalue weighted by Crippen LogP contribution is -2.64. The van der Waals surface area contributed by atoms with E-state index in [-0.39, 0.29) is 18.2 Å². The van der Waals surface area contributed by atoms with E-state index < -0.39 is 0 Å². The molecule has 1 saturated heterocycles. The van der Waals surface area contributed by atoms with Gasteiger partial charge in [-0.05, 0) is 51.0 Å². The Morgan fingerprint density at radius 3 is 2.44 bits per heavy atom. The molecule has 1 aliphatic heterocycles. The van der Waals surface area contributed by atoms with Crippen molar-refractivity contribution in [3.05, 3.63) is 29.3 Å². The first-order chi connectivity index (χ1) is 8.44. The van der Waals surface area contributed by atoms with Gasteiger partial charge in [-0.1, -0.05) is 6.07 Å². The van der Waals surface area contributed by atoms with Crippen LogP contribution in [0.5, 0.6) is 0 Å². The summed E-state index contributed by atoms with van der Waals surface area (Å²) in [5.74, 6) is 0. The molecule has 2 N–H and O–H groups in total. The minimum Gasteiger partial charge on any atom is -0.394 e. The summed E-state index contributed by atoms with van der Waals surface area (Å²) in [4.78, 5) is 2.36. The van der Waals surface area contributed by atoms with Gasteiger partial charge in [0.05, 0.1) is 12.6 Å². The Morgan fingerprint density at radius 1 is 1.28 bits per heavy atom. The third kappa shape index (κ3) is 2.52. The van der Waals surface area contributed by atoms with Gasteiger partial charge in [0.1, 0.15) is 0 Å². The van der Waals surface area contributed by atoms with Crippen molar-refractivity contribution in [1.29, 1.82) is 0 Å². The Bertz CT molecular complexity index is 408. The molecule has 18 heavy (non-hydrogen) atoms. The van der Waals surface area contributed by atoms with E-state index in [1.807, 2.05) is 0 Å². The summed E-state index contributed by atoms with van der Waals surface area (Å²) in [6, 6.07) is 6.76. The van der Waals surface area contributed by atoms with Crippen LogP contribution < -0.4 is 10.2 Å². The first kappa shape index (κ1) is 13.4. The van der Waals surface area contributed by atoms with E-state index in [4.69, 9.17) is 0 Å². The topological polar surface area (TPSA) is 35.5 Å². The number of rotatable bonds is 2. The summed E-state index contributed by atoms with van der Waals surface area (Å²) >= 11 is 0. The molecule has 1 aromatic carbocycles. The SMILES string of the molecule is Cc1cc(C)cc(N2C(CO)CNCC2(C)C)c1. The van der Waals surface area contributed by atoms with E-state index in [1.54, 1.807) is 0 Å². The van der Waals surface area contributed by atoms with Gasteiger partial charge in [0.25, 0.3) is 0 Å². The third-order valence-electron chi connectivity index (χ3n) is 3.65. The first-order valence-corrected chi connectivity index (χ1v) is 6.63. The van der Waals surface area contributed by atoms with Crippen molar-refractivity contribution in [3.8, 4) is 0 Å². The number of anilines is 1. The summed E-state index contributed by atoms with van der Waals surface area (Å²) in [7, 11) is 0. The van der Waals surface area contributed by atoms with Crippen molar-refractivity contribution < 1.29 is 5.11 Å². The van der Waals surface area contributed by atoms with Gasteiger partial charge in [-0.3, -0.25) is 0 Å². The van der Waals surface area contributed by atoms with Crippen LogP contribution in [0.2, 0.25) is 0 Å². The van der Waals surface area contributed by atoms with Crippen LogP contribution >= 0.6 is 0 Å². The largest absolute Gasteiger partial charge is 0.394 e. The van der Waals surface area contributed by atoms with E-state index in [0.29, 0.717) is 0 Å². The van der Waals surface area contributed by atoms with Gasteiger partial charge in [-0.2, -0.15) is 0 Å². The van der Waals surface area contributed by atoms with Crippen LogP contribution in [0.15, 0.2) is 18.2 Å². The van der Waals surface area contributed by atoms with Crippen LogP contribution in [0.4, 0.5) is 5.69 Å². The highest BCUT2D eigenvalue weighted by Gasteiger charge is 2.36. The zero-order valence-corrected chi connectivity index (χ0v) is 11.8. The summed E-state index contributed by atoms with van der Waals surface area (Å²) in [5, 5.41) is 13.0. The lowest BCUT2D eigenvalue weighted by molar-refractivity contribution is 0.212. The third-order valence-corrected chi connectivity index (χ3v) is 3.65. The second-order valence-electron chi connectivity index (χ2n) is 6.00. The van der Waals surface area contributed by atoms with Crippen molar-refractivity contribution in [3.63, 3.8) is 0 Å². The van der Waals surface area contributed by atoms with Crippen LogP contribution in [0.25, 0.3) is 0 Å². The highest BCUT2D eigenvalue weighted by molar-refractivity contribution is 5.54. The number of aliphatic hydroxyl groups excluding tert-OH is 1. The number of piperazine rings is 1. The second-order valence-corrected chi connectivity index (χ2v) is 6.00. The molecule has 1 heterocycles. The molecule has 1 atom stereocenters. The lowest BCUT2D eigenvalue weighted by Gasteiger charge is -2.49. The van der Waals surface area contributed by atoms with Crippen LogP contribution in [-0.4, -0.2) is 36.4 Å². The van der Waals surface area contributed by atoms with Crippen molar-refractivity contribution in [1.82, 2.24) is 5.32 Å². The number of hydrogen-bond donors (Lipinski definition) is 2. The Kier molecular flexibility index (Phi) is 3.64. The fourth-order valence-electron chi connectivity index (χ4n) is 3.01. The molecule has 0 bridgehead atoms. The highest BCUT2D eigenvalue weighted by atomic mass is 16.3. The standard InChI is InChI=1S/C15H24N2O/c1-11-5-12(2)7-13(6-11)17-14(9-18)8-16-10-15(17,3)4/h5-7,14,16,18H,8-10H2,1-4H3. The number of aliphatic hydroxyl groups is 1. The van der Waals surface area contributed by atoms with Crippen LogP contribution in [0.1, 0.15) is 25.0 Å². The van der Waals surface area contributed by atoms with E-state index in [1.165, 1.54) is 16.8 Å². The van der Waals surface area contributed by atoms with Gasteiger partial charge < -0.3 is 15.3 Å². The molecule has 100 valence electrons. The number of hydrogen-bond acceptors (Lipinski definition) is 3. The summed E-state index contributed by atoms with van der Waals surface area (Å²) in [6.07, 6.45) is 0. The fourth-order valence-corrected chi connectivity index (χ4v) is 3.01. The normalized spacial score (nSPS) is 23.2. The van der Waals surface area contributed by atoms with Crippen LogP contribution in [-0.2, 0) is 0 Å². The molecule has 0 aromatic heterocycles. The predicted molar refractivity (Wildman–Crippen MR) is 76.2 cm³/mol. The van der Waals surface area contributed by atoms with Crippen molar-refractivity contribution >= 4 is 5.69 Å². The second kappa shape index (κ2) is 4.90. The molecule has 2 rings (SSSR count). The van der Waals surface area contributed by atoms with Crippen LogP contribution in [0.3, 0.4) is 0 Å². The van der Waals surface area contributed by atoms with Gasteiger partial charge in [-0.25, -0.2) is 0 Å². The average molecular weight is 248 g/mol. The molecule has 1 aromatic rings. The zero-order valence-electron chi connectivity index (χ0n) is 11.8. The highest BCUT2D eigenvalue weighted by Crippen LogP contribution is 2.30. The molecule has 0 saturated carbocycles. The average Bonchev–Trinajstić information content (AvgIpc) is 2.25. The van der Waals surface area contributed by atoms with E-state index >= 15 is 0 Å². The number of aryl methyl sites for hydroxylation is 2. The predicted octanol–water partition coefficient (Wildman–Crippen LogP) is 1.85. The number of nitrogens with one attached hydrogen (secondary N) is 1. The molecule has 0 amide bonds. The molecule has 1 unspecified atom stereocenters. The van der Waals surface area contributed by atoms with Gasteiger partial charge >= 0.3 is 0 Å². The molecule has 0 spiro atoms. The Labute approximate surface area is 110 Å². The van der Waals surface area contributed by atoms with Gasteiger partial charge in [0.2, 0.25) is 0 Å². The lowest BCUT2D eigenvalue weighted by atomic mass is 9.94. The maximum absolute atomic E-state index is 9.61. The van der Waals surface area contributed by atoms with Gasteiger partial charge in [0.15, 0.2) is 0 Å². The quantitative estimate of drug-likeness (QED) is 0.838. The Balaban J connectivity index is 2.42. The van der Waals surface area contributed by atoms with Crippen molar-refractivity contribution in [2.75, 3.05) is 24.6 Å². The molecular weight excluding hydrogens is 224 g/mol. The van der Waals surface area contributed by atoms with Gasteiger partial charge in [-0.15, -0.1) is 0 Å². The summed E-state index contributed by atoms with van der Waals surface area (Å²) < 4.78 is 0. The number of benzene rings is 1. The molecule has 0 radical (unpaired) electrons. The van der Waals surface area contributed by atoms with Crippen molar-refractivity contribution in [2.24, 2.45) is 0 Å². The fraction of sp³-hybridized carbons (Fsp3) is 0.600. The number of nitrogens with zero attached hydrogens (tertiary/aromatic N) is 1. The molecule has 3 nitrogen and oxygen atoms in total. The monoisotopic (exact) mass is 248 g/mol. The Morgan fingerprint density at radius 2 is 1.89 bits per heavy atom. The maximum atomic E-state index is 9.61. The minimum absolute atomic E-state index is 0.0197. The molecule has 3 heteroatoms. The van der Waals surface area contributed by atoms with Gasteiger partial charge in [0, 0.05) is 24.3 Å². The molecule has 0 aliphatic carbocycles.